The zero-order chi connectivity index (χ0) is 9.80. The van der Waals surface area contributed by atoms with Gasteiger partial charge in [0.25, 0.3) is 0 Å². The molecule has 1 heterocycles. The van der Waals surface area contributed by atoms with Gasteiger partial charge in [0, 0.05) is 6.54 Å². The molecule has 0 aromatic carbocycles. The minimum absolute atomic E-state index is 0.783. The molecule has 1 atom stereocenters. The third-order valence-corrected chi connectivity index (χ3v) is 3.86. The van der Waals surface area contributed by atoms with E-state index in [1.165, 1.54) is 51.6 Å². The summed E-state index contributed by atoms with van der Waals surface area (Å²) in [6.07, 6.45) is 11.1. The maximum Gasteiger partial charge on any atom is 0.00143 e. The summed E-state index contributed by atoms with van der Waals surface area (Å²) in [5, 5.41) is 3.45. The summed E-state index contributed by atoms with van der Waals surface area (Å²) in [4.78, 5) is 0. The lowest BCUT2D eigenvalue weighted by molar-refractivity contribution is 0.490. The van der Waals surface area contributed by atoms with Gasteiger partial charge in [0.2, 0.25) is 0 Å². The second kappa shape index (κ2) is 4.97. The summed E-state index contributed by atoms with van der Waals surface area (Å²) in [5.74, 6) is 1.80. The normalized spacial score (nSPS) is 32.6. The van der Waals surface area contributed by atoms with Gasteiger partial charge in [-0.15, -0.1) is 0 Å². The van der Waals surface area contributed by atoms with Gasteiger partial charge in [-0.25, -0.2) is 0 Å². The predicted octanol–water partition coefficient (Wildman–Crippen LogP) is 3.12. The molecular formula is C13H23N. The van der Waals surface area contributed by atoms with E-state index in [0.29, 0.717) is 0 Å². The molecule has 2 aliphatic rings. The van der Waals surface area contributed by atoms with Gasteiger partial charge in [0.1, 0.15) is 0 Å². The van der Waals surface area contributed by atoms with E-state index in [1.54, 1.807) is 5.57 Å². The first-order chi connectivity index (χ1) is 6.86. The summed E-state index contributed by atoms with van der Waals surface area (Å²) in [6, 6.07) is 0. The highest BCUT2D eigenvalue weighted by Crippen LogP contribution is 2.29. The van der Waals surface area contributed by atoms with Crippen LogP contribution in [0.3, 0.4) is 0 Å². The van der Waals surface area contributed by atoms with Gasteiger partial charge in [0.05, 0.1) is 0 Å². The van der Waals surface area contributed by atoms with Crippen LogP contribution < -0.4 is 5.32 Å². The van der Waals surface area contributed by atoms with Gasteiger partial charge in [-0.3, -0.25) is 0 Å². The first-order valence-corrected chi connectivity index (χ1v) is 6.26. The molecule has 1 aliphatic heterocycles. The highest BCUT2D eigenvalue weighted by molar-refractivity contribution is 5.09. The molecule has 0 radical (unpaired) electrons. The first-order valence-electron chi connectivity index (χ1n) is 6.26. The van der Waals surface area contributed by atoms with Crippen molar-refractivity contribution in [3.63, 3.8) is 0 Å². The maximum absolute atomic E-state index is 3.45. The Morgan fingerprint density at radius 1 is 1.36 bits per heavy atom. The van der Waals surface area contributed by atoms with E-state index in [1.807, 2.05) is 0 Å². The van der Waals surface area contributed by atoms with Crippen molar-refractivity contribution in [3.8, 4) is 0 Å². The molecule has 0 spiro atoms. The van der Waals surface area contributed by atoms with Crippen LogP contribution >= 0.6 is 0 Å². The highest BCUT2D eigenvalue weighted by Gasteiger charge is 2.16. The van der Waals surface area contributed by atoms with Crippen molar-refractivity contribution in [1.82, 2.24) is 5.32 Å². The number of hydrogen-bond acceptors (Lipinski definition) is 1. The third kappa shape index (κ3) is 2.60. The van der Waals surface area contributed by atoms with Crippen molar-refractivity contribution < 1.29 is 0 Å². The predicted molar refractivity (Wildman–Crippen MR) is 61.3 cm³/mol. The maximum atomic E-state index is 3.45. The number of piperidine rings is 1. The van der Waals surface area contributed by atoms with E-state index >= 15 is 0 Å². The van der Waals surface area contributed by atoms with Crippen LogP contribution in [0.1, 0.15) is 45.4 Å². The van der Waals surface area contributed by atoms with Gasteiger partial charge in [-0.05, 0) is 31.2 Å². The van der Waals surface area contributed by atoms with Crippen LogP contribution in [0.5, 0.6) is 0 Å². The van der Waals surface area contributed by atoms with E-state index in [-0.39, 0.29) is 0 Å². The fourth-order valence-electron chi connectivity index (χ4n) is 2.80. The Labute approximate surface area is 88.0 Å². The molecule has 0 aromatic heterocycles. The molecule has 80 valence electrons. The molecule has 1 nitrogen and oxygen atoms in total. The van der Waals surface area contributed by atoms with Gasteiger partial charge < -0.3 is 5.32 Å². The van der Waals surface area contributed by atoms with E-state index in [4.69, 9.17) is 0 Å². The zero-order valence-electron chi connectivity index (χ0n) is 9.39. The third-order valence-electron chi connectivity index (χ3n) is 3.86. The van der Waals surface area contributed by atoms with E-state index in [9.17, 15) is 0 Å². The van der Waals surface area contributed by atoms with Crippen molar-refractivity contribution in [2.45, 2.75) is 45.4 Å². The van der Waals surface area contributed by atoms with Gasteiger partial charge in [-0.2, -0.15) is 0 Å². The molecule has 2 rings (SSSR count). The van der Waals surface area contributed by atoms with E-state index in [0.717, 1.165) is 11.8 Å². The second-order valence-electron chi connectivity index (χ2n) is 5.02. The van der Waals surface area contributed by atoms with Crippen LogP contribution in [0, 0.1) is 11.8 Å². The van der Waals surface area contributed by atoms with Crippen LogP contribution in [0.15, 0.2) is 11.6 Å². The van der Waals surface area contributed by atoms with Crippen molar-refractivity contribution in [1.29, 1.82) is 0 Å². The molecule has 0 aromatic rings. The number of rotatable bonds is 2. The molecule has 2 fully saturated rings. The lowest BCUT2D eigenvalue weighted by Crippen LogP contribution is -2.30. The molecule has 0 bridgehead atoms. The van der Waals surface area contributed by atoms with Crippen molar-refractivity contribution >= 4 is 0 Å². The molecule has 1 N–H and O–H groups in total. The summed E-state index contributed by atoms with van der Waals surface area (Å²) < 4.78 is 0. The van der Waals surface area contributed by atoms with Gasteiger partial charge in [0.15, 0.2) is 0 Å². The standard InChI is InChI=1S/C13H23N/c1-11-10-14-9-8-13(11)7-6-12-4-2-3-5-12/h7,11-12,14H,2-6,8-10H2,1H3/b13-7+. The molecule has 14 heavy (non-hydrogen) atoms. The molecule has 1 saturated carbocycles. The Hall–Kier alpha value is -0.300. The Bertz CT molecular complexity index is 201. The lowest BCUT2D eigenvalue weighted by Gasteiger charge is -2.23. The summed E-state index contributed by atoms with van der Waals surface area (Å²) in [6.45, 7) is 4.74. The second-order valence-corrected chi connectivity index (χ2v) is 5.02. The average molecular weight is 193 g/mol. The minimum atomic E-state index is 0.783. The topological polar surface area (TPSA) is 12.0 Å². The van der Waals surface area contributed by atoms with Crippen LogP contribution in [-0.2, 0) is 0 Å². The van der Waals surface area contributed by atoms with Gasteiger partial charge in [-0.1, -0.05) is 44.3 Å². The van der Waals surface area contributed by atoms with Crippen LogP contribution in [0.2, 0.25) is 0 Å². The van der Waals surface area contributed by atoms with Crippen molar-refractivity contribution in [2.24, 2.45) is 11.8 Å². The fourth-order valence-corrected chi connectivity index (χ4v) is 2.80. The summed E-state index contributed by atoms with van der Waals surface area (Å²) in [7, 11) is 0. The van der Waals surface area contributed by atoms with Crippen LogP contribution in [-0.4, -0.2) is 13.1 Å². The Morgan fingerprint density at radius 3 is 2.86 bits per heavy atom. The van der Waals surface area contributed by atoms with E-state index in [2.05, 4.69) is 18.3 Å². The largest absolute Gasteiger partial charge is 0.316 e. The van der Waals surface area contributed by atoms with Crippen LogP contribution in [0.25, 0.3) is 0 Å². The molecule has 0 amide bonds. The lowest BCUT2D eigenvalue weighted by atomic mass is 9.91. The van der Waals surface area contributed by atoms with Gasteiger partial charge >= 0.3 is 0 Å². The Kier molecular flexibility index (Phi) is 3.63. The molecule has 1 saturated heterocycles. The summed E-state index contributed by atoms with van der Waals surface area (Å²) in [5.41, 5.74) is 1.72. The number of allylic oxidation sites excluding steroid dienone is 1. The highest BCUT2D eigenvalue weighted by atomic mass is 14.9. The minimum Gasteiger partial charge on any atom is -0.316 e. The Balaban J connectivity index is 1.82. The van der Waals surface area contributed by atoms with E-state index < -0.39 is 0 Å². The Morgan fingerprint density at radius 2 is 2.14 bits per heavy atom. The number of nitrogens with one attached hydrogen (secondary N) is 1. The monoisotopic (exact) mass is 193 g/mol. The summed E-state index contributed by atoms with van der Waals surface area (Å²) >= 11 is 0. The molecule has 1 unspecified atom stereocenters. The smallest absolute Gasteiger partial charge is 0.00143 e. The fraction of sp³-hybridized carbons (Fsp3) is 0.846. The van der Waals surface area contributed by atoms with Crippen LogP contribution in [0.4, 0.5) is 0 Å². The van der Waals surface area contributed by atoms with Crippen molar-refractivity contribution in [2.75, 3.05) is 13.1 Å². The zero-order valence-corrected chi connectivity index (χ0v) is 9.39. The SMILES string of the molecule is CC1CNCC/C1=C\CC1CCCC1. The first kappa shape index (κ1) is 10.2. The molecule has 1 heteroatoms. The molecular weight excluding hydrogens is 170 g/mol. The number of hydrogen-bond donors (Lipinski definition) is 1. The average Bonchev–Trinajstić information content (AvgIpc) is 2.69. The van der Waals surface area contributed by atoms with Crippen molar-refractivity contribution in [3.05, 3.63) is 11.6 Å². The molecule has 1 aliphatic carbocycles. The quantitative estimate of drug-likeness (QED) is 0.664.